The Balaban J connectivity index is 3.95. The van der Waals surface area contributed by atoms with E-state index in [0.29, 0.717) is 13.0 Å². The minimum Gasteiger partial charge on any atom is -0.329 e. The third-order valence-electron chi connectivity index (χ3n) is 3.01. The number of hydrogen-bond donors (Lipinski definition) is 2. The van der Waals surface area contributed by atoms with E-state index in [1.54, 1.807) is 0 Å². The summed E-state index contributed by atoms with van der Waals surface area (Å²) < 4.78 is 26.2. The maximum absolute atomic E-state index is 11.8. The number of nitrogens with one attached hydrogen (secondary N) is 1. The Hall–Kier alpha value is -0.170. The first-order valence-corrected chi connectivity index (χ1v) is 7.97. The summed E-state index contributed by atoms with van der Waals surface area (Å²) in [6.45, 7) is 9.66. The van der Waals surface area contributed by atoms with Gasteiger partial charge in [-0.05, 0) is 32.5 Å². The van der Waals surface area contributed by atoms with E-state index in [2.05, 4.69) is 23.5 Å². The van der Waals surface area contributed by atoms with Crippen molar-refractivity contribution in [2.45, 2.75) is 38.9 Å². The zero-order valence-electron chi connectivity index (χ0n) is 11.3. The van der Waals surface area contributed by atoms with Crippen LogP contribution in [0.1, 0.15) is 33.6 Å². The lowest BCUT2D eigenvalue weighted by molar-refractivity contribution is 0.300. The summed E-state index contributed by atoms with van der Waals surface area (Å²) in [5.41, 5.74) is 5.44. The topological polar surface area (TPSA) is 75.4 Å². The molecule has 0 aromatic carbocycles. The van der Waals surface area contributed by atoms with Gasteiger partial charge >= 0.3 is 0 Å². The predicted molar refractivity (Wildman–Crippen MR) is 72.5 cm³/mol. The summed E-state index contributed by atoms with van der Waals surface area (Å²) in [6, 6.07) is 0. The molecule has 0 rings (SSSR count). The number of nitrogens with two attached hydrogens (primary N) is 1. The van der Waals surface area contributed by atoms with Gasteiger partial charge in [-0.1, -0.05) is 20.8 Å². The molecule has 0 aliphatic heterocycles. The number of hydrogen-bond acceptors (Lipinski definition) is 4. The van der Waals surface area contributed by atoms with Gasteiger partial charge in [-0.3, -0.25) is 0 Å². The van der Waals surface area contributed by atoms with Crippen LogP contribution in [0, 0.1) is 0 Å². The maximum atomic E-state index is 11.8. The molecule has 1 unspecified atom stereocenters. The standard InChI is InChI=1S/C11H27N3O2S/c1-4-11(10-12)17(15,16)13-8-7-9-14(5-2)6-3/h11,13H,4-10,12H2,1-3H3. The average Bonchev–Trinajstić information content (AvgIpc) is 2.30. The molecule has 3 N–H and O–H groups in total. The third-order valence-corrected chi connectivity index (χ3v) is 5.02. The second-order valence-electron chi connectivity index (χ2n) is 4.09. The molecule has 6 heteroatoms. The second-order valence-corrected chi connectivity index (χ2v) is 6.13. The van der Waals surface area contributed by atoms with Gasteiger partial charge < -0.3 is 10.6 Å². The van der Waals surface area contributed by atoms with E-state index in [1.807, 2.05) is 6.92 Å². The molecular weight excluding hydrogens is 238 g/mol. The van der Waals surface area contributed by atoms with Crippen LogP contribution in [0.2, 0.25) is 0 Å². The van der Waals surface area contributed by atoms with Gasteiger partial charge in [-0.2, -0.15) is 0 Å². The Bertz CT molecular complexity index is 272. The van der Waals surface area contributed by atoms with Crippen LogP contribution >= 0.6 is 0 Å². The summed E-state index contributed by atoms with van der Waals surface area (Å²) in [6.07, 6.45) is 1.39. The van der Waals surface area contributed by atoms with Crippen molar-refractivity contribution in [1.29, 1.82) is 0 Å². The summed E-state index contributed by atoms with van der Waals surface area (Å²) in [4.78, 5) is 2.27. The van der Waals surface area contributed by atoms with Gasteiger partial charge in [0.25, 0.3) is 0 Å². The molecule has 0 spiro atoms. The molecule has 1 atom stereocenters. The molecule has 0 heterocycles. The molecule has 0 aromatic heterocycles. The van der Waals surface area contributed by atoms with E-state index < -0.39 is 15.3 Å². The Morgan fingerprint density at radius 3 is 2.24 bits per heavy atom. The van der Waals surface area contributed by atoms with Crippen molar-refractivity contribution in [2.24, 2.45) is 5.73 Å². The van der Waals surface area contributed by atoms with Gasteiger partial charge in [0.15, 0.2) is 0 Å². The minimum absolute atomic E-state index is 0.182. The molecule has 104 valence electrons. The fourth-order valence-electron chi connectivity index (χ4n) is 1.69. The van der Waals surface area contributed by atoms with Gasteiger partial charge in [0.05, 0.1) is 5.25 Å². The minimum atomic E-state index is -3.23. The molecule has 0 saturated heterocycles. The maximum Gasteiger partial charge on any atom is 0.215 e. The van der Waals surface area contributed by atoms with E-state index in [0.717, 1.165) is 26.1 Å². The Morgan fingerprint density at radius 1 is 1.24 bits per heavy atom. The first kappa shape index (κ1) is 16.8. The van der Waals surface area contributed by atoms with Crippen LogP contribution in [0.15, 0.2) is 0 Å². The third kappa shape index (κ3) is 6.35. The number of rotatable bonds is 10. The first-order valence-electron chi connectivity index (χ1n) is 6.42. The van der Waals surface area contributed by atoms with Crippen LogP contribution in [0.4, 0.5) is 0 Å². The highest BCUT2D eigenvalue weighted by atomic mass is 32.2. The summed E-state index contributed by atoms with van der Waals surface area (Å²) in [5, 5.41) is -0.462. The molecule has 0 fully saturated rings. The van der Waals surface area contributed by atoms with Crippen LogP contribution < -0.4 is 10.5 Å². The van der Waals surface area contributed by atoms with E-state index in [1.165, 1.54) is 0 Å². The lowest BCUT2D eigenvalue weighted by atomic mass is 10.3. The highest BCUT2D eigenvalue weighted by molar-refractivity contribution is 7.90. The monoisotopic (exact) mass is 265 g/mol. The average molecular weight is 265 g/mol. The molecular formula is C11H27N3O2S. The van der Waals surface area contributed by atoms with Gasteiger partial charge in [0, 0.05) is 13.1 Å². The van der Waals surface area contributed by atoms with Crippen LogP contribution in [-0.4, -0.2) is 51.3 Å². The summed E-state index contributed by atoms with van der Waals surface area (Å²) in [7, 11) is -3.23. The van der Waals surface area contributed by atoms with Crippen molar-refractivity contribution in [1.82, 2.24) is 9.62 Å². The van der Waals surface area contributed by atoms with Crippen LogP contribution in [0.3, 0.4) is 0 Å². The van der Waals surface area contributed by atoms with Crippen molar-refractivity contribution >= 4 is 10.0 Å². The molecule has 0 aliphatic carbocycles. The molecule has 0 aromatic rings. The molecule has 17 heavy (non-hydrogen) atoms. The highest BCUT2D eigenvalue weighted by Crippen LogP contribution is 2.02. The van der Waals surface area contributed by atoms with E-state index in [-0.39, 0.29) is 6.54 Å². The molecule has 0 saturated carbocycles. The van der Waals surface area contributed by atoms with Gasteiger partial charge in [0.1, 0.15) is 0 Å². The van der Waals surface area contributed by atoms with Crippen LogP contribution in [0.25, 0.3) is 0 Å². The number of sulfonamides is 1. The first-order chi connectivity index (χ1) is 8.01. The van der Waals surface area contributed by atoms with Crippen molar-refractivity contribution in [2.75, 3.05) is 32.7 Å². The van der Waals surface area contributed by atoms with E-state index >= 15 is 0 Å². The fourth-order valence-corrected chi connectivity index (χ4v) is 3.04. The van der Waals surface area contributed by atoms with Gasteiger partial charge in [-0.25, -0.2) is 13.1 Å². The SMILES string of the molecule is CCC(CN)S(=O)(=O)NCCCN(CC)CC. The molecule has 0 aliphatic rings. The summed E-state index contributed by atoms with van der Waals surface area (Å²) >= 11 is 0. The van der Waals surface area contributed by atoms with Crippen LogP contribution in [0.5, 0.6) is 0 Å². The highest BCUT2D eigenvalue weighted by Gasteiger charge is 2.21. The lowest BCUT2D eigenvalue weighted by Gasteiger charge is -2.18. The van der Waals surface area contributed by atoms with Gasteiger partial charge in [-0.15, -0.1) is 0 Å². The predicted octanol–water partition coefficient (Wildman–Crippen LogP) is 0.375. The van der Waals surface area contributed by atoms with Crippen LogP contribution in [-0.2, 0) is 10.0 Å². The lowest BCUT2D eigenvalue weighted by Crippen LogP contribution is -2.39. The zero-order chi connectivity index (χ0) is 13.3. The Kier molecular flexibility index (Phi) is 8.77. The van der Waals surface area contributed by atoms with Crippen molar-refractivity contribution in [3.8, 4) is 0 Å². The zero-order valence-corrected chi connectivity index (χ0v) is 12.1. The quantitative estimate of drug-likeness (QED) is 0.560. The molecule has 0 amide bonds. The van der Waals surface area contributed by atoms with Crippen molar-refractivity contribution in [3.63, 3.8) is 0 Å². The van der Waals surface area contributed by atoms with Crippen molar-refractivity contribution < 1.29 is 8.42 Å². The Labute approximate surface area is 106 Å². The molecule has 0 radical (unpaired) electrons. The fraction of sp³-hybridized carbons (Fsp3) is 1.00. The second kappa shape index (κ2) is 8.85. The molecule has 5 nitrogen and oxygen atoms in total. The van der Waals surface area contributed by atoms with E-state index in [9.17, 15) is 8.42 Å². The summed E-state index contributed by atoms with van der Waals surface area (Å²) in [5.74, 6) is 0. The normalized spacial score (nSPS) is 14.2. The smallest absolute Gasteiger partial charge is 0.215 e. The van der Waals surface area contributed by atoms with Crippen molar-refractivity contribution in [3.05, 3.63) is 0 Å². The number of nitrogens with zero attached hydrogens (tertiary/aromatic N) is 1. The van der Waals surface area contributed by atoms with Gasteiger partial charge in [0.2, 0.25) is 10.0 Å². The Morgan fingerprint density at radius 2 is 1.82 bits per heavy atom. The van der Waals surface area contributed by atoms with E-state index in [4.69, 9.17) is 5.73 Å². The molecule has 0 bridgehead atoms. The largest absolute Gasteiger partial charge is 0.329 e.